The second kappa shape index (κ2) is 7.07. The molecular formula is C16H25NO3S. The fourth-order valence-electron chi connectivity index (χ4n) is 2.08. The van der Waals surface area contributed by atoms with Crippen molar-refractivity contribution in [3.8, 4) is 0 Å². The van der Waals surface area contributed by atoms with Crippen molar-refractivity contribution in [1.82, 2.24) is 5.32 Å². The molecule has 1 aromatic rings. The Balaban J connectivity index is 2.44. The fourth-order valence-corrected chi connectivity index (χ4v) is 3.10. The van der Waals surface area contributed by atoms with Crippen LogP contribution in [0, 0.1) is 13.8 Å². The molecule has 118 valence electrons. The summed E-state index contributed by atoms with van der Waals surface area (Å²) < 4.78 is 5.18. The molecule has 0 radical (unpaired) electrons. The number of esters is 1. The minimum absolute atomic E-state index is 0.0407. The number of ether oxygens (including phenoxy) is 1. The van der Waals surface area contributed by atoms with Crippen LogP contribution in [0.15, 0.2) is 6.07 Å². The van der Waals surface area contributed by atoms with Crippen molar-refractivity contribution in [3.63, 3.8) is 0 Å². The van der Waals surface area contributed by atoms with E-state index in [-0.39, 0.29) is 30.8 Å². The first-order chi connectivity index (χ1) is 9.58. The van der Waals surface area contributed by atoms with Crippen LogP contribution < -0.4 is 5.32 Å². The van der Waals surface area contributed by atoms with Crippen molar-refractivity contribution < 1.29 is 14.3 Å². The van der Waals surface area contributed by atoms with Gasteiger partial charge in [-0.3, -0.25) is 9.59 Å². The summed E-state index contributed by atoms with van der Waals surface area (Å²) in [5, 5.41) is 2.93. The highest BCUT2D eigenvalue weighted by Crippen LogP contribution is 2.26. The van der Waals surface area contributed by atoms with Gasteiger partial charge in [0.2, 0.25) is 5.91 Å². The molecule has 5 heteroatoms. The zero-order valence-electron chi connectivity index (χ0n) is 13.7. The van der Waals surface area contributed by atoms with Crippen LogP contribution in [0.3, 0.4) is 0 Å². The molecule has 0 aliphatic heterocycles. The molecule has 0 aromatic carbocycles. The summed E-state index contributed by atoms with van der Waals surface area (Å²) in [6, 6.07) is 2.06. The number of rotatable bonds is 5. The lowest BCUT2D eigenvalue weighted by Gasteiger charge is -2.19. The summed E-state index contributed by atoms with van der Waals surface area (Å²) in [4.78, 5) is 25.9. The van der Waals surface area contributed by atoms with Gasteiger partial charge in [0.1, 0.15) is 5.60 Å². The lowest BCUT2D eigenvalue weighted by molar-refractivity contribution is -0.155. The number of hydrogen-bond acceptors (Lipinski definition) is 4. The first-order valence-corrected chi connectivity index (χ1v) is 7.98. The standard InChI is InChI=1S/C16H25NO3S/c1-10-9-13(12(3)21-10)11(2)17-14(18)7-8-15(19)20-16(4,5)6/h9,11H,7-8H2,1-6H3,(H,17,18). The first kappa shape index (κ1) is 17.7. The van der Waals surface area contributed by atoms with Gasteiger partial charge in [-0.2, -0.15) is 0 Å². The van der Waals surface area contributed by atoms with Crippen LogP contribution in [0.4, 0.5) is 0 Å². The van der Waals surface area contributed by atoms with Gasteiger partial charge in [0.05, 0.1) is 12.5 Å². The van der Waals surface area contributed by atoms with E-state index in [0.717, 1.165) is 5.56 Å². The van der Waals surface area contributed by atoms with Crippen molar-refractivity contribution in [3.05, 3.63) is 21.4 Å². The average Bonchev–Trinajstić information content (AvgIpc) is 2.63. The van der Waals surface area contributed by atoms with Crippen LogP contribution in [0.25, 0.3) is 0 Å². The monoisotopic (exact) mass is 311 g/mol. The van der Waals surface area contributed by atoms with Crippen molar-refractivity contribution in [2.24, 2.45) is 0 Å². The Labute approximate surface area is 130 Å². The number of carbonyl (C=O) groups is 2. The normalized spacial score (nSPS) is 12.9. The first-order valence-electron chi connectivity index (χ1n) is 7.16. The van der Waals surface area contributed by atoms with Crippen LogP contribution in [0.5, 0.6) is 0 Å². The molecule has 21 heavy (non-hydrogen) atoms. The molecule has 1 unspecified atom stereocenters. The van der Waals surface area contributed by atoms with Crippen LogP contribution in [0.2, 0.25) is 0 Å². The van der Waals surface area contributed by atoms with Gasteiger partial charge < -0.3 is 10.1 Å². The number of hydrogen-bond donors (Lipinski definition) is 1. The van der Waals surface area contributed by atoms with E-state index in [1.165, 1.54) is 9.75 Å². The third-order valence-electron chi connectivity index (χ3n) is 2.90. The van der Waals surface area contributed by atoms with Crippen molar-refractivity contribution in [2.45, 2.75) is 66.0 Å². The molecule has 1 N–H and O–H groups in total. The van der Waals surface area contributed by atoms with Gasteiger partial charge in [0, 0.05) is 16.2 Å². The summed E-state index contributed by atoms with van der Waals surface area (Å²) >= 11 is 1.72. The van der Waals surface area contributed by atoms with E-state index >= 15 is 0 Å². The fraction of sp³-hybridized carbons (Fsp3) is 0.625. The molecule has 0 fully saturated rings. The van der Waals surface area contributed by atoms with E-state index in [4.69, 9.17) is 4.74 Å². The third-order valence-corrected chi connectivity index (χ3v) is 3.88. The highest BCUT2D eigenvalue weighted by molar-refractivity contribution is 7.12. The lowest BCUT2D eigenvalue weighted by Crippen LogP contribution is -2.28. The number of nitrogens with one attached hydrogen (secondary N) is 1. The topological polar surface area (TPSA) is 55.4 Å². The molecule has 1 amide bonds. The Bertz CT molecular complexity index is 514. The molecule has 4 nitrogen and oxygen atoms in total. The van der Waals surface area contributed by atoms with Gasteiger partial charge in [-0.1, -0.05) is 0 Å². The predicted octanol–water partition coefficient (Wildman–Crippen LogP) is 3.66. The second-order valence-corrected chi connectivity index (χ2v) is 7.70. The van der Waals surface area contributed by atoms with E-state index in [2.05, 4.69) is 25.2 Å². The van der Waals surface area contributed by atoms with Gasteiger partial charge in [-0.05, 0) is 53.2 Å². The van der Waals surface area contributed by atoms with Crippen molar-refractivity contribution in [2.75, 3.05) is 0 Å². The van der Waals surface area contributed by atoms with Crippen LogP contribution in [-0.4, -0.2) is 17.5 Å². The van der Waals surface area contributed by atoms with Gasteiger partial charge in [0.25, 0.3) is 0 Å². The second-order valence-electron chi connectivity index (χ2n) is 6.24. The summed E-state index contributed by atoms with van der Waals surface area (Å²) in [5.74, 6) is -0.468. The predicted molar refractivity (Wildman–Crippen MR) is 85.4 cm³/mol. The number of thiophene rings is 1. The molecule has 0 spiro atoms. The van der Waals surface area contributed by atoms with Crippen molar-refractivity contribution in [1.29, 1.82) is 0 Å². The number of carbonyl (C=O) groups excluding carboxylic acids is 2. The molecule has 1 heterocycles. The summed E-state index contributed by atoms with van der Waals surface area (Å²) in [5.41, 5.74) is 0.634. The van der Waals surface area contributed by atoms with E-state index < -0.39 is 5.60 Å². The zero-order valence-corrected chi connectivity index (χ0v) is 14.5. The quantitative estimate of drug-likeness (QED) is 0.844. The highest BCUT2D eigenvalue weighted by atomic mass is 32.1. The van der Waals surface area contributed by atoms with E-state index in [1.807, 2.05) is 27.7 Å². The van der Waals surface area contributed by atoms with E-state index in [0.29, 0.717) is 0 Å². The molecule has 1 atom stereocenters. The van der Waals surface area contributed by atoms with Crippen LogP contribution in [0.1, 0.15) is 61.9 Å². The highest BCUT2D eigenvalue weighted by Gasteiger charge is 2.18. The van der Waals surface area contributed by atoms with Crippen LogP contribution >= 0.6 is 11.3 Å². The Hall–Kier alpha value is -1.36. The smallest absolute Gasteiger partial charge is 0.306 e. The maximum Gasteiger partial charge on any atom is 0.306 e. The Morgan fingerprint density at radius 3 is 2.38 bits per heavy atom. The maximum atomic E-state index is 11.9. The largest absolute Gasteiger partial charge is 0.460 e. The molecule has 1 aromatic heterocycles. The van der Waals surface area contributed by atoms with Crippen molar-refractivity contribution >= 4 is 23.2 Å². The van der Waals surface area contributed by atoms with E-state index in [9.17, 15) is 9.59 Å². The molecule has 0 saturated carbocycles. The number of aryl methyl sites for hydroxylation is 2. The minimum atomic E-state index is -0.508. The molecular weight excluding hydrogens is 286 g/mol. The van der Waals surface area contributed by atoms with E-state index in [1.54, 1.807) is 11.3 Å². The van der Waals surface area contributed by atoms with Gasteiger partial charge in [-0.25, -0.2) is 0 Å². The number of amides is 1. The summed E-state index contributed by atoms with van der Waals surface area (Å²) in [7, 11) is 0. The Morgan fingerprint density at radius 1 is 1.29 bits per heavy atom. The molecule has 1 rings (SSSR count). The van der Waals surface area contributed by atoms with Gasteiger partial charge >= 0.3 is 5.97 Å². The minimum Gasteiger partial charge on any atom is -0.460 e. The summed E-state index contributed by atoms with van der Waals surface area (Å²) in [6.45, 7) is 11.5. The Morgan fingerprint density at radius 2 is 1.90 bits per heavy atom. The van der Waals surface area contributed by atoms with Crippen LogP contribution in [-0.2, 0) is 14.3 Å². The third kappa shape index (κ3) is 6.29. The molecule has 0 saturated heterocycles. The molecule has 0 aliphatic carbocycles. The SMILES string of the molecule is Cc1cc(C(C)NC(=O)CCC(=O)OC(C)(C)C)c(C)s1. The molecule has 0 aliphatic rings. The maximum absolute atomic E-state index is 11.9. The Kier molecular flexibility index (Phi) is 5.96. The molecule has 0 bridgehead atoms. The lowest BCUT2D eigenvalue weighted by atomic mass is 10.1. The zero-order chi connectivity index (χ0) is 16.2. The van der Waals surface area contributed by atoms with Gasteiger partial charge in [-0.15, -0.1) is 11.3 Å². The van der Waals surface area contributed by atoms with Gasteiger partial charge in [0.15, 0.2) is 0 Å². The summed E-state index contributed by atoms with van der Waals surface area (Å²) in [6.07, 6.45) is 0.263. The average molecular weight is 311 g/mol.